The number of carbonyl (C=O) groups excluding carboxylic acids is 2. The molecule has 1 heterocycles. The van der Waals surface area contributed by atoms with E-state index in [0.29, 0.717) is 0 Å². The van der Waals surface area contributed by atoms with Crippen molar-refractivity contribution in [1.82, 2.24) is 0 Å². The lowest BCUT2D eigenvalue weighted by Crippen LogP contribution is -2.40. The molecule has 3 aliphatic carbocycles. The van der Waals surface area contributed by atoms with Gasteiger partial charge in [-0.3, -0.25) is 9.59 Å². The van der Waals surface area contributed by atoms with Gasteiger partial charge in [0.2, 0.25) is 0 Å². The molecule has 1 saturated heterocycles. The van der Waals surface area contributed by atoms with E-state index in [1.165, 1.54) is 11.1 Å². The van der Waals surface area contributed by atoms with E-state index < -0.39 is 0 Å². The Morgan fingerprint density at radius 1 is 1.00 bits per heavy atom. The van der Waals surface area contributed by atoms with Crippen molar-refractivity contribution in [2.24, 2.45) is 17.3 Å². The Morgan fingerprint density at radius 2 is 1.68 bits per heavy atom. The molecule has 2 bridgehead atoms. The molecule has 2 saturated carbocycles. The summed E-state index contributed by atoms with van der Waals surface area (Å²) in [5, 5.41) is 0. The smallest absolute Gasteiger partial charge is 0.318 e. The second kappa shape index (κ2) is 3.60. The molecule has 4 atom stereocenters. The normalized spacial score (nSPS) is 41.1. The van der Waals surface area contributed by atoms with Gasteiger partial charge in [0.25, 0.3) is 0 Å². The van der Waals surface area contributed by atoms with Crippen LogP contribution in [0.5, 0.6) is 0 Å². The number of benzene rings is 1. The third-order valence-corrected chi connectivity index (χ3v) is 6.22. The van der Waals surface area contributed by atoms with Crippen LogP contribution in [0.1, 0.15) is 25.3 Å². The van der Waals surface area contributed by atoms with Gasteiger partial charge in [0, 0.05) is 10.8 Å². The highest BCUT2D eigenvalue weighted by Crippen LogP contribution is 2.74. The molecular formula is C19H16O3. The lowest BCUT2D eigenvalue weighted by molar-refractivity contribution is -0.155. The second-order valence-corrected chi connectivity index (χ2v) is 7.10. The molecule has 0 amide bonds. The van der Waals surface area contributed by atoms with Gasteiger partial charge < -0.3 is 4.74 Å². The maximum Gasteiger partial charge on any atom is 0.318 e. The zero-order chi connectivity index (χ0) is 15.1. The maximum absolute atomic E-state index is 12.5. The van der Waals surface area contributed by atoms with E-state index in [2.05, 4.69) is 31.2 Å². The van der Waals surface area contributed by atoms with Gasteiger partial charge in [-0.1, -0.05) is 49.4 Å². The highest BCUT2D eigenvalue weighted by atomic mass is 16.6. The fourth-order valence-electron chi connectivity index (χ4n) is 5.59. The first kappa shape index (κ1) is 12.4. The molecule has 0 N–H and O–H groups in total. The van der Waals surface area contributed by atoms with Crippen LogP contribution in [0, 0.1) is 17.3 Å². The minimum atomic E-state index is -0.383. The Kier molecular flexibility index (Phi) is 2.02. The third-order valence-electron chi connectivity index (χ3n) is 6.22. The van der Waals surface area contributed by atoms with Crippen molar-refractivity contribution in [3.63, 3.8) is 0 Å². The monoisotopic (exact) mass is 292 g/mol. The molecule has 0 spiro atoms. The van der Waals surface area contributed by atoms with Gasteiger partial charge in [-0.15, -0.1) is 0 Å². The van der Waals surface area contributed by atoms with Crippen LogP contribution in [0.15, 0.2) is 53.6 Å². The SMILES string of the molecule is C[C@]12C[C@](c3ccccc3)(C3=CCC=C31)[C@@H]1C(=O)OC(=O)[C@@H]12. The first-order valence-corrected chi connectivity index (χ1v) is 7.82. The standard InChI is InChI=1S/C19H16O3/c1-18-10-19(11-6-3-2-4-7-11,13-9-5-8-12(13)18)15-14(18)16(20)22-17(15)21/h2-4,6-9,14-15H,5,10H2,1H3/t14-,15+,18+,19+/m1/s1. The van der Waals surface area contributed by atoms with Gasteiger partial charge in [0.05, 0.1) is 11.8 Å². The molecule has 22 heavy (non-hydrogen) atoms. The average molecular weight is 292 g/mol. The predicted octanol–water partition coefficient (Wildman–Crippen LogP) is 2.92. The number of hydrogen-bond donors (Lipinski definition) is 0. The van der Waals surface area contributed by atoms with E-state index in [9.17, 15) is 9.59 Å². The number of fused-ring (bicyclic) bond motifs is 8. The topological polar surface area (TPSA) is 43.4 Å². The largest absolute Gasteiger partial charge is 0.393 e. The molecular weight excluding hydrogens is 276 g/mol. The van der Waals surface area contributed by atoms with Crippen LogP contribution in [0.2, 0.25) is 0 Å². The van der Waals surface area contributed by atoms with E-state index >= 15 is 0 Å². The number of allylic oxidation sites excluding steroid dienone is 4. The molecule has 4 aliphatic rings. The number of carbonyl (C=O) groups is 2. The molecule has 3 fully saturated rings. The minimum absolute atomic E-state index is 0.272. The van der Waals surface area contributed by atoms with Crippen molar-refractivity contribution in [2.75, 3.05) is 0 Å². The van der Waals surface area contributed by atoms with E-state index in [1.807, 2.05) is 18.2 Å². The summed E-state index contributed by atoms with van der Waals surface area (Å²) in [5.74, 6) is -1.37. The molecule has 110 valence electrons. The summed E-state index contributed by atoms with van der Waals surface area (Å²) in [7, 11) is 0. The van der Waals surface area contributed by atoms with Crippen molar-refractivity contribution in [2.45, 2.75) is 25.2 Å². The average Bonchev–Trinajstić information content (AvgIpc) is 3.20. The van der Waals surface area contributed by atoms with E-state index in [0.717, 1.165) is 18.4 Å². The van der Waals surface area contributed by atoms with Gasteiger partial charge in [0.1, 0.15) is 0 Å². The fraction of sp³-hybridized carbons (Fsp3) is 0.368. The molecule has 0 radical (unpaired) electrons. The molecule has 5 rings (SSSR count). The second-order valence-electron chi connectivity index (χ2n) is 7.10. The summed E-state index contributed by atoms with van der Waals surface area (Å²) in [6.45, 7) is 2.13. The zero-order valence-corrected chi connectivity index (χ0v) is 12.3. The van der Waals surface area contributed by atoms with Crippen LogP contribution in [-0.2, 0) is 19.7 Å². The van der Waals surface area contributed by atoms with Gasteiger partial charge in [-0.05, 0) is 29.6 Å². The number of esters is 2. The lowest BCUT2D eigenvalue weighted by Gasteiger charge is -2.37. The van der Waals surface area contributed by atoms with Crippen molar-refractivity contribution < 1.29 is 14.3 Å². The van der Waals surface area contributed by atoms with Gasteiger partial charge in [0.15, 0.2) is 0 Å². The van der Waals surface area contributed by atoms with E-state index in [4.69, 9.17) is 4.74 Å². The summed E-state index contributed by atoms with van der Waals surface area (Å²) in [6.07, 6.45) is 6.20. The van der Waals surface area contributed by atoms with Crippen LogP contribution < -0.4 is 0 Å². The Labute approximate surface area is 128 Å². The van der Waals surface area contributed by atoms with E-state index in [1.54, 1.807) is 0 Å². The van der Waals surface area contributed by atoms with Crippen LogP contribution >= 0.6 is 0 Å². The maximum atomic E-state index is 12.5. The van der Waals surface area contributed by atoms with Crippen LogP contribution in [0.25, 0.3) is 0 Å². The Morgan fingerprint density at radius 3 is 2.45 bits per heavy atom. The number of ether oxygens (including phenoxy) is 1. The van der Waals surface area contributed by atoms with Gasteiger partial charge in [-0.25, -0.2) is 0 Å². The van der Waals surface area contributed by atoms with Crippen molar-refractivity contribution in [3.8, 4) is 0 Å². The Balaban J connectivity index is 1.84. The molecule has 1 aliphatic heterocycles. The number of hydrogen-bond acceptors (Lipinski definition) is 3. The van der Waals surface area contributed by atoms with E-state index in [-0.39, 0.29) is 34.6 Å². The molecule has 0 aromatic heterocycles. The van der Waals surface area contributed by atoms with Crippen LogP contribution in [0.4, 0.5) is 0 Å². The van der Waals surface area contributed by atoms with Crippen LogP contribution in [-0.4, -0.2) is 11.9 Å². The lowest BCUT2D eigenvalue weighted by atomic mass is 9.62. The predicted molar refractivity (Wildman–Crippen MR) is 79.7 cm³/mol. The molecule has 1 aromatic carbocycles. The van der Waals surface area contributed by atoms with Crippen molar-refractivity contribution in [3.05, 3.63) is 59.2 Å². The third kappa shape index (κ3) is 1.10. The summed E-state index contributed by atoms with van der Waals surface area (Å²) in [6, 6.07) is 10.2. The minimum Gasteiger partial charge on any atom is -0.393 e. The van der Waals surface area contributed by atoms with Gasteiger partial charge in [-0.2, -0.15) is 0 Å². The fourth-order valence-corrected chi connectivity index (χ4v) is 5.59. The Hall–Kier alpha value is -2.16. The quantitative estimate of drug-likeness (QED) is 0.590. The summed E-state index contributed by atoms with van der Waals surface area (Å²) in [5.41, 5.74) is 3.01. The highest BCUT2D eigenvalue weighted by Gasteiger charge is 2.76. The zero-order valence-electron chi connectivity index (χ0n) is 12.3. The van der Waals surface area contributed by atoms with Gasteiger partial charge >= 0.3 is 11.9 Å². The van der Waals surface area contributed by atoms with Crippen molar-refractivity contribution in [1.29, 1.82) is 0 Å². The summed E-state index contributed by atoms with van der Waals surface area (Å²) >= 11 is 0. The first-order chi connectivity index (χ1) is 10.6. The summed E-state index contributed by atoms with van der Waals surface area (Å²) in [4.78, 5) is 24.8. The number of rotatable bonds is 1. The Bertz CT molecular complexity index is 788. The molecule has 0 unspecified atom stereocenters. The number of cyclic esters (lactones) is 2. The molecule has 3 heteroatoms. The molecule has 1 aromatic rings. The van der Waals surface area contributed by atoms with Crippen LogP contribution in [0.3, 0.4) is 0 Å². The highest BCUT2D eigenvalue weighted by molar-refractivity contribution is 6.01. The summed E-state index contributed by atoms with van der Waals surface area (Å²) < 4.78 is 5.05. The van der Waals surface area contributed by atoms with Crippen molar-refractivity contribution >= 4 is 11.9 Å². The first-order valence-electron chi connectivity index (χ1n) is 7.82. The molecule has 3 nitrogen and oxygen atoms in total.